The summed E-state index contributed by atoms with van der Waals surface area (Å²) in [5, 5.41) is 6.12. The predicted molar refractivity (Wildman–Crippen MR) is 102 cm³/mol. The molecule has 2 amide bonds. The van der Waals surface area contributed by atoms with Gasteiger partial charge in [-0.1, -0.05) is 32.0 Å². The van der Waals surface area contributed by atoms with E-state index in [1.807, 2.05) is 50.1 Å². The Balaban J connectivity index is 2.02. The van der Waals surface area contributed by atoms with E-state index in [1.54, 1.807) is 0 Å². The fourth-order valence-electron chi connectivity index (χ4n) is 3.21. The molecule has 6 nitrogen and oxygen atoms in total. The van der Waals surface area contributed by atoms with E-state index < -0.39 is 0 Å². The maximum absolute atomic E-state index is 12.4. The van der Waals surface area contributed by atoms with Crippen LogP contribution in [0, 0.1) is 5.92 Å². The number of hydrogen-bond acceptors (Lipinski definition) is 4. The van der Waals surface area contributed by atoms with Crippen LogP contribution < -0.4 is 15.4 Å². The Kier molecular flexibility index (Phi) is 7.91. The molecule has 1 heterocycles. The summed E-state index contributed by atoms with van der Waals surface area (Å²) in [6.45, 7) is 6.24. The first-order valence-corrected chi connectivity index (χ1v) is 9.51. The fraction of sp³-hybridized carbons (Fsp3) is 0.600. The number of benzene rings is 1. The van der Waals surface area contributed by atoms with Crippen molar-refractivity contribution in [1.82, 2.24) is 15.5 Å². The third kappa shape index (κ3) is 5.46. The summed E-state index contributed by atoms with van der Waals surface area (Å²) in [6.07, 6.45) is 2.88. The molecule has 0 aliphatic carbocycles. The summed E-state index contributed by atoms with van der Waals surface area (Å²) in [6, 6.07) is 7.48. The van der Waals surface area contributed by atoms with Gasteiger partial charge in [-0.3, -0.25) is 9.59 Å². The normalized spacial score (nSPS) is 16.2. The van der Waals surface area contributed by atoms with E-state index in [-0.39, 0.29) is 30.4 Å². The summed E-state index contributed by atoms with van der Waals surface area (Å²) in [5.74, 6) is 0.582. The van der Waals surface area contributed by atoms with Gasteiger partial charge in [0.1, 0.15) is 5.75 Å². The average molecular weight is 361 g/mol. The molecule has 2 rings (SSSR count). The van der Waals surface area contributed by atoms with E-state index in [0.717, 1.165) is 37.9 Å². The van der Waals surface area contributed by atoms with Gasteiger partial charge >= 0.3 is 0 Å². The first-order chi connectivity index (χ1) is 12.6. The molecule has 144 valence electrons. The molecule has 0 radical (unpaired) electrons. The largest absolute Gasteiger partial charge is 0.483 e. The molecule has 26 heavy (non-hydrogen) atoms. The second-order valence-electron chi connectivity index (χ2n) is 6.84. The molecule has 1 aromatic carbocycles. The Bertz CT molecular complexity index is 600. The molecule has 2 unspecified atom stereocenters. The van der Waals surface area contributed by atoms with Crippen LogP contribution in [0.3, 0.4) is 0 Å². The zero-order valence-corrected chi connectivity index (χ0v) is 16.1. The monoisotopic (exact) mass is 361 g/mol. The lowest BCUT2D eigenvalue weighted by molar-refractivity contribution is -0.132. The molecule has 0 bridgehead atoms. The number of ether oxygens (including phenoxy) is 1. The van der Waals surface area contributed by atoms with Crippen molar-refractivity contribution in [3.63, 3.8) is 0 Å². The van der Waals surface area contributed by atoms with Crippen molar-refractivity contribution in [2.75, 3.05) is 33.3 Å². The third-order valence-electron chi connectivity index (χ3n) is 4.79. The van der Waals surface area contributed by atoms with E-state index in [4.69, 9.17) is 4.74 Å². The molecule has 1 fully saturated rings. The van der Waals surface area contributed by atoms with Gasteiger partial charge in [0.05, 0.1) is 6.04 Å². The average Bonchev–Trinajstić information content (AvgIpc) is 3.19. The van der Waals surface area contributed by atoms with Gasteiger partial charge in [0.15, 0.2) is 6.61 Å². The molecular weight excluding hydrogens is 330 g/mol. The van der Waals surface area contributed by atoms with E-state index in [9.17, 15) is 9.59 Å². The van der Waals surface area contributed by atoms with Crippen LogP contribution in [-0.4, -0.2) is 50.0 Å². The minimum Gasteiger partial charge on any atom is -0.483 e. The first-order valence-electron chi connectivity index (χ1n) is 9.51. The van der Waals surface area contributed by atoms with Crippen LogP contribution in [0.25, 0.3) is 0 Å². The van der Waals surface area contributed by atoms with Crippen molar-refractivity contribution in [1.29, 1.82) is 0 Å². The Hall–Kier alpha value is -2.08. The highest BCUT2D eigenvalue weighted by Crippen LogP contribution is 2.27. The molecule has 6 heteroatoms. The molecule has 0 spiro atoms. The quantitative estimate of drug-likeness (QED) is 0.707. The van der Waals surface area contributed by atoms with Crippen LogP contribution in [0.4, 0.5) is 0 Å². The lowest BCUT2D eigenvalue weighted by Crippen LogP contribution is -2.37. The van der Waals surface area contributed by atoms with Crippen LogP contribution in [0.15, 0.2) is 24.3 Å². The number of amides is 2. The number of nitrogens with one attached hydrogen (secondary N) is 2. The van der Waals surface area contributed by atoms with Crippen molar-refractivity contribution in [3.8, 4) is 5.75 Å². The standard InChI is InChI=1S/C20H31N3O3/c1-4-17(22-20(25)15(2)13-21-3)16-9-5-6-10-18(16)26-14-19(24)23-11-7-8-12-23/h5-6,9-10,15,17,21H,4,7-8,11-14H2,1-3H3,(H,22,25). The smallest absolute Gasteiger partial charge is 0.260 e. The molecule has 2 N–H and O–H groups in total. The van der Waals surface area contributed by atoms with Crippen molar-refractivity contribution in [2.45, 2.75) is 39.2 Å². The molecule has 0 aromatic heterocycles. The van der Waals surface area contributed by atoms with Crippen LogP contribution in [0.1, 0.15) is 44.7 Å². The Morgan fingerprint density at radius 2 is 1.92 bits per heavy atom. The number of carbonyl (C=O) groups is 2. The molecule has 1 aliphatic heterocycles. The summed E-state index contributed by atoms with van der Waals surface area (Å²) in [7, 11) is 1.83. The maximum atomic E-state index is 12.4. The number of likely N-dealkylation sites (tertiary alicyclic amines) is 1. The summed E-state index contributed by atoms with van der Waals surface area (Å²) < 4.78 is 5.83. The minimum atomic E-state index is -0.139. The minimum absolute atomic E-state index is 0.00847. The number of para-hydroxylation sites is 1. The lowest BCUT2D eigenvalue weighted by atomic mass is 10.0. The highest BCUT2D eigenvalue weighted by atomic mass is 16.5. The summed E-state index contributed by atoms with van der Waals surface area (Å²) in [5.41, 5.74) is 0.911. The second-order valence-corrected chi connectivity index (χ2v) is 6.84. The first kappa shape index (κ1) is 20.2. The molecule has 2 atom stereocenters. The Morgan fingerprint density at radius 1 is 1.23 bits per heavy atom. The van der Waals surface area contributed by atoms with Crippen molar-refractivity contribution in [3.05, 3.63) is 29.8 Å². The number of rotatable bonds is 9. The van der Waals surface area contributed by atoms with Gasteiger partial charge < -0.3 is 20.3 Å². The highest BCUT2D eigenvalue weighted by molar-refractivity contribution is 5.79. The summed E-state index contributed by atoms with van der Waals surface area (Å²) >= 11 is 0. The zero-order chi connectivity index (χ0) is 18.9. The predicted octanol–water partition coefficient (Wildman–Crippen LogP) is 2.11. The number of nitrogens with zero attached hydrogens (tertiary/aromatic N) is 1. The SMILES string of the molecule is CCC(NC(=O)C(C)CNC)c1ccccc1OCC(=O)N1CCCC1. The third-order valence-corrected chi connectivity index (χ3v) is 4.79. The number of hydrogen-bond donors (Lipinski definition) is 2. The molecule has 0 saturated carbocycles. The lowest BCUT2D eigenvalue weighted by Gasteiger charge is -2.23. The van der Waals surface area contributed by atoms with Crippen LogP contribution in [-0.2, 0) is 9.59 Å². The molecular formula is C20H31N3O3. The Morgan fingerprint density at radius 3 is 2.58 bits per heavy atom. The van der Waals surface area contributed by atoms with E-state index in [2.05, 4.69) is 10.6 Å². The molecule has 1 aromatic rings. The van der Waals surface area contributed by atoms with Gasteiger partial charge in [-0.2, -0.15) is 0 Å². The second kappa shape index (κ2) is 10.2. The van der Waals surface area contributed by atoms with E-state index in [0.29, 0.717) is 12.3 Å². The summed E-state index contributed by atoms with van der Waals surface area (Å²) in [4.78, 5) is 26.5. The van der Waals surface area contributed by atoms with Crippen molar-refractivity contribution in [2.24, 2.45) is 5.92 Å². The van der Waals surface area contributed by atoms with Gasteiger partial charge in [-0.25, -0.2) is 0 Å². The van der Waals surface area contributed by atoms with Gasteiger partial charge in [0, 0.05) is 31.1 Å². The van der Waals surface area contributed by atoms with Gasteiger partial charge in [-0.05, 0) is 32.4 Å². The molecule has 1 aliphatic rings. The zero-order valence-electron chi connectivity index (χ0n) is 16.1. The van der Waals surface area contributed by atoms with Crippen molar-refractivity contribution >= 4 is 11.8 Å². The maximum Gasteiger partial charge on any atom is 0.260 e. The van der Waals surface area contributed by atoms with Gasteiger partial charge in [0.2, 0.25) is 5.91 Å². The van der Waals surface area contributed by atoms with Crippen LogP contribution in [0.5, 0.6) is 5.75 Å². The van der Waals surface area contributed by atoms with Gasteiger partial charge in [0.25, 0.3) is 5.91 Å². The topological polar surface area (TPSA) is 70.7 Å². The van der Waals surface area contributed by atoms with E-state index >= 15 is 0 Å². The number of carbonyl (C=O) groups excluding carboxylic acids is 2. The van der Waals surface area contributed by atoms with Gasteiger partial charge in [-0.15, -0.1) is 0 Å². The molecule has 1 saturated heterocycles. The highest BCUT2D eigenvalue weighted by Gasteiger charge is 2.22. The van der Waals surface area contributed by atoms with Crippen molar-refractivity contribution < 1.29 is 14.3 Å². The Labute approximate surface area is 156 Å². The fourth-order valence-corrected chi connectivity index (χ4v) is 3.21. The van der Waals surface area contributed by atoms with E-state index in [1.165, 1.54) is 0 Å². The van der Waals surface area contributed by atoms with Crippen LogP contribution >= 0.6 is 0 Å². The van der Waals surface area contributed by atoms with Crippen LogP contribution in [0.2, 0.25) is 0 Å².